The molecule has 3 heterocycles. The Kier molecular flexibility index (Phi) is 1.54. The highest BCUT2D eigenvalue weighted by atomic mass is 15.2. The minimum absolute atomic E-state index is 0.826. The van der Waals surface area contributed by atoms with Gasteiger partial charge in [0.1, 0.15) is 0 Å². The summed E-state index contributed by atoms with van der Waals surface area (Å²) < 4.78 is 0. The molecule has 0 spiro atoms. The highest BCUT2D eigenvalue weighted by molar-refractivity contribution is 5.49. The van der Waals surface area contributed by atoms with Gasteiger partial charge in [0.25, 0.3) is 0 Å². The van der Waals surface area contributed by atoms with Crippen LogP contribution in [0.4, 0.5) is 5.69 Å². The second-order valence-corrected chi connectivity index (χ2v) is 4.08. The van der Waals surface area contributed by atoms with Gasteiger partial charge < -0.3 is 4.90 Å². The van der Waals surface area contributed by atoms with Gasteiger partial charge in [-0.2, -0.15) is 0 Å². The molecule has 2 fully saturated rings. The quantitative estimate of drug-likeness (QED) is 0.649. The Bertz CT molecular complexity index is 276. The smallest absolute Gasteiger partial charge is 0.0402 e. The number of rotatable bonds is 1. The summed E-state index contributed by atoms with van der Waals surface area (Å²) in [6, 6.07) is 5.92. The van der Waals surface area contributed by atoms with Gasteiger partial charge in [0, 0.05) is 30.2 Å². The Labute approximate surface area is 78.6 Å². The first kappa shape index (κ1) is 7.36. The molecule has 68 valence electrons. The van der Waals surface area contributed by atoms with Crippen LogP contribution in [-0.4, -0.2) is 17.1 Å². The normalized spacial score (nSPS) is 31.2. The molecule has 1 aromatic rings. The van der Waals surface area contributed by atoms with Gasteiger partial charge in [0.15, 0.2) is 0 Å². The van der Waals surface area contributed by atoms with E-state index in [9.17, 15) is 0 Å². The van der Waals surface area contributed by atoms with Gasteiger partial charge in [0.05, 0.1) is 0 Å². The number of anilines is 1. The van der Waals surface area contributed by atoms with Gasteiger partial charge in [-0.1, -0.05) is 0 Å². The van der Waals surface area contributed by atoms with Gasteiger partial charge in [-0.15, -0.1) is 0 Å². The maximum Gasteiger partial charge on any atom is 0.0402 e. The average molecular weight is 174 g/mol. The zero-order valence-electron chi connectivity index (χ0n) is 7.69. The minimum Gasteiger partial charge on any atom is -0.365 e. The van der Waals surface area contributed by atoms with E-state index in [1.807, 2.05) is 12.4 Å². The predicted octanol–water partition coefficient (Wildman–Crippen LogP) is 2.21. The Balaban J connectivity index is 1.94. The van der Waals surface area contributed by atoms with E-state index in [2.05, 4.69) is 22.0 Å². The van der Waals surface area contributed by atoms with Crippen LogP contribution in [-0.2, 0) is 0 Å². The second-order valence-electron chi connectivity index (χ2n) is 4.08. The summed E-state index contributed by atoms with van der Waals surface area (Å²) in [4.78, 5) is 6.66. The molecule has 0 unspecified atom stereocenters. The Morgan fingerprint density at radius 1 is 1.00 bits per heavy atom. The molecule has 0 saturated carbocycles. The third kappa shape index (κ3) is 1.05. The summed E-state index contributed by atoms with van der Waals surface area (Å²) >= 11 is 0. The highest BCUT2D eigenvalue weighted by Crippen LogP contribution is 2.40. The maximum absolute atomic E-state index is 4.06. The van der Waals surface area contributed by atoms with Crippen LogP contribution >= 0.6 is 0 Å². The van der Waals surface area contributed by atoms with E-state index in [0.717, 1.165) is 12.1 Å². The molecular weight excluding hydrogens is 160 g/mol. The standard InChI is InChI=1S/C11H14N2/c1-2-10-4-3-9(1)13(10)11-5-7-12-8-6-11/h5-10H,1-4H2. The molecule has 0 atom stereocenters. The number of hydrogen-bond donors (Lipinski definition) is 0. The number of fused-ring (bicyclic) bond motifs is 2. The van der Waals surface area contributed by atoms with Crippen LogP contribution in [0, 0.1) is 0 Å². The van der Waals surface area contributed by atoms with E-state index < -0.39 is 0 Å². The van der Waals surface area contributed by atoms with Crippen molar-refractivity contribution in [2.24, 2.45) is 0 Å². The molecule has 0 radical (unpaired) electrons. The van der Waals surface area contributed by atoms with Crippen molar-refractivity contribution in [2.75, 3.05) is 4.90 Å². The lowest BCUT2D eigenvalue weighted by Gasteiger charge is -2.23. The van der Waals surface area contributed by atoms with Crippen molar-refractivity contribution in [2.45, 2.75) is 37.8 Å². The van der Waals surface area contributed by atoms with E-state index >= 15 is 0 Å². The lowest BCUT2D eigenvalue weighted by Crippen LogP contribution is -2.27. The van der Waals surface area contributed by atoms with Gasteiger partial charge >= 0.3 is 0 Å². The van der Waals surface area contributed by atoms with E-state index in [1.165, 1.54) is 31.4 Å². The van der Waals surface area contributed by atoms with Crippen molar-refractivity contribution < 1.29 is 0 Å². The van der Waals surface area contributed by atoms with Crippen LogP contribution < -0.4 is 4.90 Å². The van der Waals surface area contributed by atoms with Crippen molar-refractivity contribution in [3.63, 3.8) is 0 Å². The van der Waals surface area contributed by atoms with Gasteiger partial charge in [-0.25, -0.2) is 0 Å². The number of nitrogens with zero attached hydrogens (tertiary/aromatic N) is 2. The topological polar surface area (TPSA) is 16.1 Å². The maximum atomic E-state index is 4.06. The van der Waals surface area contributed by atoms with Gasteiger partial charge in [-0.3, -0.25) is 4.98 Å². The first-order chi connectivity index (χ1) is 6.45. The van der Waals surface area contributed by atoms with Crippen molar-refractivity contribution in [1.29, 1.82) is 0 Å². The Hall–Kier alpha value is -1.05. The molecule has 2 nitrogen and oxygen atoms in total. The van der Waals surface area contributed by atoms with Crippen molar-refractivity contribution in [3.8, 4) is 0 Å². The van der Waals surface area contributed by atoms with Crippen LogP contribution in [0.5, 0.6) is 0 Å². The average Bonchev–Trinajstić information content (AvgIpc) is 2.78. The molecule has 0 N–H and O–H groups in total. The number of aromatic nitrogens is 1. The number of pyridine rings is 1. The van der Waals surface area contributed by atoms with Gasteiger partial charge in [0.2, 0.25) is 0 Å². The summed E-state index contributed by atoms with van der Waals surface area (Å²) in [7, 11) is 0. The van der Waals surface area contributed by atoms with E-state index in [-0.39, 0.29) is 0 Å². The van der Waals surface area contributed by atoms with Gasteiger partial charge in [-0.05, 0) is 37.8 Å². The zero-order chi connectivity index (χ0) is 8.67. The monoisotopic (exact) mass is 174 g/mol. The first-order valence-electron chi connectivity index (χ1n) is 5.13. The van der Waals surface area contributed by atoms with E-state index in [0.29, 0.717) is 0 Å². The summed E-state index contributed by atoms with van der Waals surface area (Å²) in [6.07, 6.45) is 9.38. The summed E-state index contributed by atoms with van der Waals surface area (Å²) in [5.74, 6) is 0. The highest BCUT2D eigenvalue weighted by Gasteiger charge is 2.38. The van der Waals surface area contributed by atoms with Crippen LogP contribution in [0.1, 0.15) is 25.7 Å². The van der Waals surface area contributed by atoms with Crippen LogP contribution in [0.2, 0.25) is 0 Å². The summed E-state index contributed by atoms with van der Waals surface area (Å²) in [5.41, 5.74) is 1.38. The van der Waals surface area contributed by atoms with E-state index in [1.54, 1.807) is 0 Å². The lowest BCUT2D eigenvalue weighted by atomic mass is 10.0. The van der Waals surface area contributed by atoms with Crippen LogP contribution in [0.15, 0.2) is 24.5 Å². The minimum atomic E-state index is 0.826. The third-order valence-electron chi connectivity index (χ3n) is 3.41. The predicted molar refractivity (Wildman–Crippen MR) is 52.8 cm³/mol. The first-order valence-corrected chi connectivity index (χ1v) is 5.13. The SMILES string of the molecule is c1cc(N2C3CCC2CC3)ccn1. The molecular formula is C11H14N2. The van der Waals surface area contributed by atoms with Crippen molar-refractivity contribution in [3.05, 3.63) is 24.5 Å². The van der Waals surface area contributed by atoms with E-state index in [4.69, 9.17) is 0 Å². The molecule has 1 aromatic heterocycles. The summed E-state index contributed by atoms with van der Waals surface area (Å²) in [6.45, 7) is 0. The largest absolute Gasteiger partial charge is 0.365 e. The molecule has 2 aliphatic heterocycles. The molecule has 2 bridgehead atoms. The van der Waals surface area contributed by atoms with Crippen molar-refractivity contribution >= 4 is 5.69 Å². The fourth-order valence-corrected chi connectivity index (χ4v) is 2.85. The second kappa shape index (κ2) is 2.72. The molecule has 3 rings (SSSR count). The molecule has 0 aromatic carbocycles. The molecule has 2 aliphatic rings. The molecule has 13 heavy (non-hydrogen) atoms. The number of hydrogen-bond acceptors (Lipinski definition) is 2. The third-order valence-corrected chi connectivity index (χ3v) is 3.41. The fourth-order valence-electron chi connectivity index (χ4n) is 2.85. The van der Waals surface area contributed by atoms with Crippen molar-refractivity contribution in [1.82, 2.24) is 4.98 Å². The Morgan fingerprint density at radius 3 is 2.08 bits per heavy atom. The van der Waals surface area contributed by atoms with Crippen LogP contribution in [0.3, 0.4) is 0 Å². The molecule has 0 amide bonds. The lowest BCUT2D eigenvalue weighted by molar-refractivity contribution is 0.576. The fraction of sp³-hybridized carbons (Fsp3) is 0.545. The van der Waals surface area contributed by atoms with Crippen LogP contribution in [0.25, 0.3) is 0 Å². The Morgan fingerprint density at radius 2 is 1.54 bits per heavy atom. The molecule has 2 heteroatoms. The summed E-state index contributed by atoms with van der Waals surface area (Å²) in [5, 5.41) is 0. The molecule has 0 aliphatic carbocycles. The zero-order valence-corrected chi connectivity index (χ0v) is 7.69. The molecule has 2 saturated heterocycles.